The second-order valence-electron chi connectivity index (χ2n) is 6.73. The van der Waals surface area contributed by atoms with Crippen LogP contribution in [0.15, 0.2) is 71.2 Å². The maximum Gasteiger partial charge on any atom is 0.355 e. The average Bonchev–Trinajstić information content (AvgIpc) is 2.82. The molecule has 0 aliphatic carbocycles. The first-order valence-corrected chi connectivity index (χ1v) is 9.74. The number of nitro groups is 1. The summed E-state index contributed by atoms with van der Waals surface area (Å²) in [4.78, 5) is 37.9. The monoisotopic (exact) mass is 468 g/mol. The van der Waals surface area contributed by atoms with Gasteiger partial charge in [-0.15, -0.1) is 0 Å². The summed E-state index contributed by atoms with van der Waals surface area (Å²) in [5, 5.41) is 21.8. The van der Waals surface area contributed by atoms with Crippen molar-refractivity contribution in [3.8, 4) is 6.07 Å². The molecule has 168 valence electrons. The number of hydrogen-bond donors (Lipinski definition) is 1. The number of ether oxygens (including phenoxy) is 2. The molecular weight excluding hydrogens is 452 g/mol. The Labute approximate surface area is 193 Å². The summed E-state index contributed by atoms with van der Waals surface area (Å²) in [7, 11) is 2.18. The van der Waals surface area contributed by atoms with E-state index in [4.69, 9.17) is 26.8 Å². The van der Waals surface area contributed by atoms with Crippen molar-refractivity contribution in [2.24, 2.45) is 5.73 Å². The normalized spacial score (nSPS) is 15.7. The molecule has 11 heteroatoms. The number of carbonyl (C=O) groups is 2. The topological polar surface area (TPSA) is 149 Å². The van der Waals surface area contributed by atoms with Crippen LogP contribution in [0.3, 0.4) is 0 Å². The average molecular weight is 469 g/mol. The van der Waals surface area contributed by atoms with Gasteiger partial charge in [-0.25, -0.2) is 9.59 Å². The number of benzene rings is 2. The Balaban J connectivity index is 2.49. The van der Waals surface area contributed by atoms with Gasteiger partial charge in [0.1, 0.15) is 17.2 Å². The molecule has 1 aliphatic rings. The number of carbonyl (C=O) groups excluding carboxylic acids is 2. The van der Waals surface area contributed by atoms with Crippen molar-refractivity contribution < 1.29 is 24.0 Å². The molecule has 2 aromatic rings. The second-order valence-corrected chi connectivity index (χ2v) is 7.16. The van der Waals surface area contributed by atoms with Gasteiger partial charge in [-0.1, -0.05) is 41.9 Å². The molecule has 0 radical (unpaired) electrons. The number of halogens is 1. The van der Waals surface area contributed by atoms with E-state index in [0.717, 1.165) is 25.2 Å². The molecule has 0 spiro atoms. The lowest BCUT2D eigenvalue weighted by Crippen LogP contribution is -2.41. The van der Waals surface area contributed by atoms with E-state index in [-0.39, 0.29) is 27.7 Å². The molecule has 0 amide bonds. The smallest absolute Gasteiger partial charge is 0.355 e. The molecule has 1 heterocycles. The molecule has 2 N–H and O–H groups in total. The minimum absolute atomic E-state index is 0.0934. The number of hydrogen-bond acceptors (Lipinski definition) is 9. The van der Waals surface area contributed by atoms with Crippen LogP contribution in [-0.2, 0) is 19.1 Å². The van der Waals surface area contributed by atoms with Gasteiger partial charge in [-0.2, -0.15) is 5.26 Å². The predicted molar refractivity (Wildman–Crippen MR) is 118 cm³/mol. The molecule has 2 aromatic carbocycles. The molecule has 0 aromatic heterocycles. The third kappa shape index (κ3) is 4.09. The molecule has 33 heavy (non-hydrogen) atoms. The minimum Gasteiger partial charge on any atom is -0.466 e. The van der Waals surface area contributed by atoms with Crippen LogP contribution in [0.4, 0.5) is 11.4 Å². The highest BCUT2D eigenvalue weighted by Gasteiger charge is 2.44. The third-order valence-electron chi connectivity index (χ3n) is 4.99. The highest BCUT2D eigenvalue weighted by atomic mass is 35.5. The van der Waals surface area contributed by atoms with Crippen LogP contribution in [-0.4, -0.2) is 31.1 Å². The molecule has 0 bridgehead atoms. The standard InChI is InChI=1S/C22H17ClN4O6/c1-32-21(28)18-17(12-6-4-3-5-7-12)14(11-24)20(25)26(19(18)22(29)33-2)16-10-13(23)8-9-15(16)27(30)31/h3-10,17H,25H2,1-2H3. The van der Waals surface area contributed by atoms with Crippen molar-refractivity contribution in [1.82, 2.24) is 0 Å². The number of anilines is 1. The zero-order chi connectivity index (χ0) is 24.3. The number of rotatable bonds is 5. The van der Waals surface area contributed by atoms with Gasteiger partial charge in [0.2, 0.25) is 0 Å². The first-order valence-electron chi connectivity index (χ1n) is 9.36. The van der Waals surface area contributed by atoms with Crippen molar-refractivity contribution >= 4 is 34.9 Å². The molecule has 3 rings (SSSR count). The van der Waals surface area contributed by atoms with E-state index in [9.17, 15) is 25.0 Å². The Morgan fingerprint density at radius 2 is 1.79 bits per heavy atom. The number of esters is 2. The second kappa shape index (κ2) is 9.42. The highest BCUT2D eigenvalue weighted by Crippen LogP contribution is 2.45. The number of nitrogens with zero attached hydrogens (tertiary/aromatic N) is 3. The molecule has 1 atom stereocenters. The maximum atomic E-state index is 13.0. The molecule has 1 aliphatic heterocycles. The van der Waals surface area contributed by atoms with Crippen molar-refractivity contribution in [3.63, 3.8) is 0 Å². The van der Waals surface area contributed by atoms with Gasteiger partial charge in [0.05, 0.1) is 42.3 Å². The van der Waals surface area contributed by atoms with Gasteiger partial charge < -0.3 is 15.2 Å². The van der Waals surface area contributed by atoms with Crippen molar-refractivity contribution in [2.45, 2.75) is 5.92 Å². The summed E-state index contributed by atoms with van der Waals surface area (Å²) >= 11 is 6.08. The largest absolute Gasteiger partial charge is 0.466 e. The fourth-order valence-electron chi connectivity index (χ4n) is 3.59. The van der Waals surface area contributed by atoms with E-state index in [1.165, 1.54) is 12.1 Å². The predicted octanol–water partition coefficient (Wildman–Crippen LogP) is 3.15. The van der Waals surface area contributed by atoms with Gasteiger partial charge in [-0.05, 0) is 17.7 Å². The Morgan fingerprint density at radius 1 is 1.15 bits per heavy atom. The van der Waals surface area contributed by atoms with Crippen molar-refractivity contribution in [3.05, 3.63) is 91.9 Å². The first-order chi connectivity index (χ1) is 15.8. The summed E-state index contributed by atoms with van der Waals surface area (Å²) in [6.45, 7) is 0. The summed E-state index contributed by atoms with van der Waals surface area (Å²) in [5.74, 6) is -3.36. The Kier molecular flexibility index (Phi) is 6.65. The number of nitro benzene ring substituents is 1. The maximum absolute atomic E-state index is 13.0. The lowest BCUT2D eigenvalue weighted by atomic mass is 9.81. The number of nitriles is 1. The first kappa shape index (κ1) is 23.3. The molecule has 10 nitrogen and oxygen atoms in total. The third-order valence-corrected chi connectivity index (χ3v) is 5.22. The number of nitrogens with two attached hydrogens (primary N) is 1. The molecule has 1 unspecified atom stereocenters. The molecule has 0 fully saturated rings. The lowest BCUT2D eigenvalue weighted by molar-refractivity contribution is -0.384. The zero-order valence-electron chi connectivity index (χ0n) is 17.4. The van der Waals surface area contributed by atoms with Gasteiger partial charge in [0.15, 0.2) is 0 Å². The molecular formula is C22H17ClN4O6. The summed E-state index contributed by atoms with van der Waals surface area (Å²) in [5.41, 5.74) is 5.27. The van der Waals surface area contributed by atoms with Crippen LogP contribution in [0.1, 0.15) is 11.5 Å². The molecule has 0 saturated carbocycles. The van der Waals surface area contributed by atoms with Crippen LogP contribution in [0.25, 0.3) is 0 Å². The van der Waals surface area contributed by atoms with E-state index < -0.39 is 34.2 Å². The van der Waals surface area contributed by atoms with E-state index in [1.54, 1.807) is 30.3 Å². The lowest BCUT2D eigenvalue weighted by Gasteiger charge is -2.35. The van der Waals surface area contributed by atoms with Crippen LogP contribution < -0.4 is 10.6 Å². The summed E-state index contributed by atoms with van der Waals surface area (Å²) in [6, 6.07) is 14.0. The van der Waals surface area contributed by atoms with Crippen LogP contribution >= 0.6 is 11.6 Å². The molecule has 0 saturated heterocycles. The van der Waals surface area contributed by atoms with E-state index in [0.29, 0.717) is 5.56 Å². The van der Waals surface area contributed by atoms with Gasteiger partial charge in [-0.3, -0.25) is 15.0 Å². The zero-order valence-corrected chi connectivity index (χ0v) is 18.2. The summed E-state index contributed by atoms with van der Waals surface area (Å²) < 4.78 is 9.80. The van der Waals surface area contributed by atoms with Crippen LogP contribution in [0.5, 0.6) is 0 Å². The van der Waals surface area contributed by atoms with Crippen molar-refractivity contribution in [1.29, 1.82) is 5.26 Å². The quantitative estimate of drug-likeness (QED) is 0.396. The van der Waals surface area contributed by atoms with Gasteiger partial charge >= 0.3 is 11.9 Å². The van der Waals surface area contributed by atoms with E-state index in [1.807, 2.05) is 6.07 Å². The number of methoxy groups -OCH3 is 2. The van der Waals surface area contributed by atoms with Crippen LogP contribution in [0, 0.1) is 21.4 Å². The van der Waals surface area contributed by atoms with Gasteiger partial charge in [0.25, 0.3) is 5.69 Å². The Morgan fingerprint density at radius 3 is 2.33 bits per heavy atom. The van der Waals surface area contributed by atoms with Crippen LogP contribution in [0.2, 0.25) is 5.02 Å². The van der Waals surface area contributed by atoms with E-state index in [2.05, 4.69) is 0 Å². The Hall–Kier alpha value is -4.36. The Bertz CT molecular complexity index is 1250. The fraction of sp³-hybridized carbons (Fsp3) is 0.136. The van der Waals surface area contributed by atoms with Crippen molar-refractivity contribution in [2.75, 3.05) is 19.1 Å². The summed E-state index contributed by atoms with van der Waals surface area (Å²) in [6.07, 6.45) is 0. The fourth-order valence-corrected chi connectivity index (χ4v) is 3.76. The van der Waals surface area contributed by atoms with Gasteiger partial charge in [0, 0.05) is 11.1 Å². The van der Waals surface area contributed by atoms with E-state index >= 15 is 0 Å². The number of allylic oxidation sites excluding steroid dienone is 1. The minimum atomic E-state index is -1.09. The SMILES string of the molecule is COC(=O)C1=C(C(=O)OC)N(c2cc(Cl)ccc2[N+](=O)[O-])C(N)=C(C#N)C1c1ccccc1. The highest BCUT2D eigenvalue weighted by molar-refractivity contribution is 6.31.